The molecule has 184 valence electrons. The fourth-order valence-corrected chi connectivity index (χ4v) is 5.55. The molecule has 2 fully saturated rings. The maximum atomic E-state index is 13.9. The Hall–Kier alpha value is -3.87. The number of pyridine rings is 1. The first-order chi connectivity index (χ1) is 17.4. The highest BCUT2D eigenvalue weighted by Crippen LogP contribution is 2.43. The average Bonchev–Trinajstić information content (AvgIpc) is 3.46. The van der Waals surface area contributed by atoms with E-state index in [1.54, 1.807) is 35.5 Å². The van der Waals surface area contributed by atoms with Gasteiger partial charge in [-0.1, -0.05) is 42.5 Å². The number of likely N-dealkylation sites (tertiary alicyclic amines) is 2. The van der Waals surface area contributed by atoms with Gasteiger partial charge in [-0.15, -0.1) is 0 Å². The Bertz CT molecular complexity index is 1290. The van der Waals surface area contributed by atoms with Gasteiger partial charge in [0.1, 0.15) is 5.82 Å². The van der Waals surface area contributed by atoms with Crippen LogP contribution in [-0.4, -0.2) is 45.6 Å². The first kappa shape index (κ1) is 23.9. The van der Waals surface area contributed by atoms with Crippen molar-refractivity contribution in [1.29, 1.82) is 0 Å². The van der Waals surface area contributed by atoms with Crippen molar-refractivity contribution in [1.82, 2.24) is 14.8 Å². The van der Waals surface area contributed by atoms with Crippen LogP contribution in [0.3, 0.4) is 0 Å². The number of aromatic nitrogens is 1. The summed E-state index contributed by atoms with van der Waals surface area (Å²) in [6, 6.07) is 17.5. The lowest BCUT2D eigenvalue weighted by Crippen LogP contribution is -2.43. The zero-order valence-corrected chi connectivity index (χ0v) is 20.2. The van der Waals surface area contributed by atoms with Gasteiger partial charge in [-0.05, 0) is 53.8 Å². The van der Waals surface area contributed by atoms with Gasteiger partial charge in [0.05, 0.1) is 12.0 Å². The molecule has 1 aromatic heterocycles. The number of halogens is 1. The molecule has 2 aromatic carbocycles. The SMILES string of the molecule is Cc1ccccc1C1(CC(=O)N2CCC(c3ccc(F)cc3)C2)CC(=O)N(Cc2cccnc2)C1=O. The van der Waals surface area contributed by atoms with Crippen molar-refractivity contribution in [3.8, 4) is 0 Å². The minimum absolute atomic E-state index is 0.0437. The molecule has 0 aliphatic carbocycles. The minimum Gasteiger partial charge on any atom is -0.342 e. The molecule has 6 nitrogen and oxygen atoms in total. The van der Waals surface area contributed by atoms with E-state index in [0.29, 0.717) is 13.1 Å². The van der Waals surface area contributed by atoms with Gasteiger partial charge in [-0.25, -0.2) is 4.39 Å². The summed E-state index contributed by atoms with van der Waals surface area (Å²) in [5, 5.41) is 0. The summed E-state index contributed by atoms with van der Waals surface area (Å²) >= 11 is 0. The largest absolute Gasteiger partial charge is 0.342 e. The van der Waals surface area contributed by atoms with Crippen molar-refractivity contribution in [2.45, 2.75) is 44.1 Å². The summed E-state index contributed by atoms with van der Waals surface area (Å²) < 4.78 is 13.3. The van der Waals surface area contributed by atoms with Gasteiger partial charge in [-0.3, -0.25) is 24.3 Å². The Morgan fingerprint density at radius 1 is 1.08 bits per heavy atom. The third kappa shape index (κ3) is 4.41. The summed E-state index contributed by atoms with van der Waals surface area (Å²) in [4.78, 5) is 47.9. The summed E-state index contributed by atoms with van der Waals surface area (Å²) in [7, 11) is 0. The van der Waals surface area contributed by atoms with Crippen LogP contribution in [0.1, 0.15) is 47.4 Å². The summed E-state index contributed by atoms with van der Waals surface area (Å²) in [6.45, 7) is 3.11. The van der Waals surface area contributed by atoms with Crippen LogP contribution in [0.25, 0.3) is 0 Å². The molecule has 2 saturated heterocycles. The predicted molar refractivity (Wildman–Crippen MR) is 132 cm³/mol. The molecule has 2 atom stereocenters. The third-order valence-corrected chi connectivity index (χ3v) is 7.47. The van der Waals surface area contributed by atoms with Crippen LogP contribution < -0.4 is 0 Å². The molecule has 3 aromatic rings. The van der Waals surface area contributed by atoms with E-state index < -0.39 is 5.41 Å². The number of benzene rings is 2. The zero-order chi connectivity index (χ0) is 25.3. The van der Waals surface area contributed by atoms with E-state index >= 15 is 0 Å². The highest BCUT2D eigenvalue weighted by Gasteiger charge is 2.54. The molecule has 0 bridgehead atoms. The van der Waals surface area contributed by atoms with Gasteiger partial charge < -0.3 is 4.90 Å². The molecule has 5 rings (SSSR count). The molecule has 2 aliphatic rings. The fourth-order valence-electron chi connectivity index (χ4n) is 5.55. The van der Waals surface area contributed by atoms with Crippen molar-refractivity contribution in [3.63, 3.8) is 0 Å². The van der Waals surface area contributed by atoms with Crippen molar-refractivity contribution in [2.75, 3.05) is 13.1 Å². The van der Waals surface area contributed by atoms with Crippen LogP contribution >= 0.6 is 0 Å². The quantitative estimate of drug-likeness (QED) is 0.493. The Morgan fingerprint density at radius 3 is 2.58 bits per heavy atom. The molecule has 2 unspecified atom stereocenters. The second-order valence-corrected chi connectivity index (χ2v) is 9.77. The number of carbonyl (C=O) groups excluding carboxylic acids is 3. The monoisotopic (exact) mass is 485 g/mol. The normalized spacial score (nSPS) is 21.9. The zero-order valence-electron chi connectivity index (χ0n) is 20.2. The maximum Gasteiger partial charge on any atom is 0.241 e. The Labute approximate surface area is 209 Å². The number of imide groups is 1. The fraction of sp³-hybridized carbons (Fsp3) is 0.310. The summed E-state index contributed by atoms with van der Waals surface area (Å²) in [5.74, 6) is -0.942. The molecule has 0 N–H and O–H groups in total. The van der Waals surface area contributed by atoms with Gasteiger partial charge >= 0.3 is 0 Å². The van der Waals surface area contributed by atoms with Crippen molar-refractivity contribution in [3.05, 3.63) is 101 Å². The molecule has 2 aliphatic heterocycles. The van der Waals surface area contributed by atoms with Gasteiger partial charge in [0, 0.05) is 44.2 Å². The van der Waals surface area contributed by atoms with E-state index in [-0.39, 0.29) is 48.8 Å². The van der Waals surface area contributed by atoms with E-state index in [2.05, 4.69) is 4.98 Å². The number of nitrogens with zero attached hydrogens (tertiary/aromatic N) is 3. The lowest BCUT2D eigenvalue weighted by atomic mass is 9.74. The standard InChI is InChI=1S/C29H28FN3O3/c1-20-5-2-3-7-25(20)29(16-27(35)33(28(29)36)18-21-6-4-13-31-17-21)15-26(34)32-14-12-23(19-32)22-8-10-24(30)11-9-22/h2-11,13,17,23H,12,14-16,18-19H2,1H3. The second kappa shape index (κ2) is 9.64. The summed E-state index contributed by atoms with van der Waals surface area (Å²) in [5.41, 5.74) is 2.11. The van der Waals surface area contributed by atoms with Gasteiger partial charge in [0.25, 0.3) is 0 Å². The smallest absolute Gasteiger partial charge is 0.241 e. The molecule has 0 saturated carbocycles. The number of carbonyl (C=O) groups is 3. The van der Waals surface area contributed by atoms with Gasteiger partial charge in [-0.2, -0.15) is 0 Å². The van der Waals surface area contributed by atoms with Crippen LogP contribution in [0.5, 0.6) is 0 Å². The van der Waals surface area contributed by atoms with Crippen molar-refractivity contribution in [2.24, 2.45) is 0 Å². The van der Waals surface area contributed by atoms with E-state index in [0.717, 1.165) is 28.7 Å². The lowest BCUT2D eigenvalue weighted by Gasteiger charge is -2.30. The van der Waals surface area contributed by atoms with Crippen LogP contribution in [0.15, 0.2) is 73.1 Å². The predicted octanol–water partition coefficient (Wildman–Crippen LogP) is 4.13. The molecule has 7 heteroatoms. The number of aryl methyl sites for hydroxylation is 1. The molecule has 0 spiro atoms. The van der Waals surface area contributed by atoms with E-state index in [1.807, 2.05) is 37.3 Å². The van der Waals surface area contributed by atoms with Crippen LogP contribution in [0.2, 0.25) is 0 Å². The molecular formula is C29H28FN3O3. The van der Waals surface area contributed by atoms with Crippen LogP contribution in [0.4, 0.5) is 4.39 Å². The van der Waals surface area contributed by atoms with Gasteiger partial charge in [0.2, 0.25) is 17.7 Å². The molecule has 36 heavy (non-hydrogen) atoms. The van der Waals surface area contributed by atoms with Gasteiger partial charge in [0.15, 0.2) is 0 Å². The van der Waals surface area contributed by atoms with E-state index in [9.17, 15) is 18.8 Å². The molecule has 0 radical (unpaired) electrons. The first-order valence-corrected chi connectivity index (χ1v) is 12.2. The second-order valence-electron chi connectivity index (χ2n) is 9.77. The molecule has 3 amide bonds. The minimum atomic E-state index is -1.24. The first-order valence-electron chi connectivity index (χ1n) is 12.2. The van der Waals surface area contributed by atoms with Crippen molar-refractivity contribution < 1.29 is 18.8 Å². The third-order valence-electron chi connectivity index (χ3n) is 7.47. The highest BCUT2D eigenvalue weighted by molar-refractivity contribution is 6.10. The average molecular weight is 486 g/mol. The number of hydrogen-bond donors (Lipinski definition) is 0. The lowest BCUT2D eigenvalue weighted by molar-refractivity contribution is -0.143. The number of amides is 3. The van der Waals surface area contributed by atoms with Crippen LogP contribution in [-0.2, 0) is 26.3 Å². The van der Waals surface area contributed by atoms with E-state index in [1.165, 1.54) is 17.0 Å². The summed E-state index contributed by atoms with van der Waals surface area (Å²) in [6.07, 6.45) is 3.94. The van der Waals surface area contributed by atoms with E-state index in [4.69, 9.17) is 0 Å². The number of hydrogen-bond acceptors (Lipinski definition) is 4. The molecular weight excluding hydrogens is 457 g/mol. The maximum absolute atomic E-state index is 13.9. The number of rotatable bonds is 6. The Kier molecular flexibility index (Phi) is 6.39. The Balaban J connectivity index is 1.41. The highest BCUT2D eigenvalue weighted by atomic mass is 19.1. The topological polar surface area (TPSA) is 70.6 Å². The van der Waals surface area contributed by atoms with Crippen LogP contribution in [0, 0.1) is 12.7 Å². The Morgan fingerprint density at radius 2 is 1.86 bits per heavy atom. The van der Waals surface area contributed by atoms with Crippen molar-refractivity contribution >= 4 is 17.7 Å². The molecule has 3 heterocycles.